The van der Waals surface area contributed by atoms with Crippen molar-refractivity contribution in [1.82, 2.24) is 4.98 Å². The number of hydrogen-bond donors (Lipinski definition) is 1. The van der Waals surface area contributed by atoms with Gasteiger partial charge in [0.2, 0.25) is 0 Å². The van der Waals surface area contributed by atoms with Gasteiger partial charge in [0.1, 0.15) is 0 Å². The van der Waals surface area contributed by atoms with Crippen LogP contribution in [0.5, 0.6) is 0 Å². The lowest BCUT2D eigenvalue weighted by Crippen LogP contribution is -2.10. The average Bonchev–Trinajstić information content (AvgIpc) is 2.58. The minimum atomic E-state index is -0.751. The lowest BCUT2D eigenvalue weighted by molar-refractivity contribution is -0.138. The Morgan fingerprint density at radius 1 is 1.00 bits per heavy atom. The maximum atomic E-state index is 11.2. The van der Waals surface area contributed by atoms with E-state index in [-0.39, 0.29) is 0 Å². The number of carbonyl (C=O) groups is 1. The Kier molecular flexibility index (Phi) is 5.66. The largest absolute Gasteiger partial charge is 0.481 e. The molecule has 0 aliphatic carbocycles. The standard InChI is InChI=1S/C14H14O2.C5H5N/c1-2-11(14(15)16)13-9-5-7-10-6-3-4-8-12(10)13;1-2-4-6-5-3-1/h3-9,11H,2H2,1H3,(H,15,16);1-5H. The van der Waals surface area contributed by atoms with Crippen molar-refractivity contribution in [2.75, 3.05) is 0 Å². The molecule has 1 unspecified atom stereocenters. The third-order valence-electron chi connectivity index (χ3n) is 3.47. The van der Waals surface area contributed by atoms with Gasteiger partial charge in [0.05, 0.1) is 5.92 Å². The van der Waals surface area contributed by atoms with E-state index < -0.39 is 11.9 Å². The normalized spacial score (nSPS) is 11.3. The van der Waals surface area contributed by atoms with Crippen LogP contribution in [0.25, 0.3) is 10.8 Å². The van der Waals surface area contributed by atoms with Gasteiger partial charge in [-0.25, -0.2) is 0 Å². The van der Waals surface area contributed by atoms with Crippen LogP contribution in [0.4, 0.5) is 0 Å². The Morgan fingerprint density at radius 3 is 2.23 bits per heavy atom. The zero-order chi connectivity index (χ0) is 15.8. The molecule has 0 spiro atoms. The van der Waals surface area contributed by atoms with Crippen molar-refractivity contribution in [3.63, 3.8) is 0 Å². The van der Waals surface area contributed by atoms with Crippen LogP contribution in [0.2, 0.25) is 0 Å². The van der Waals surface area contributed by atoms with Crippen LogP contribution >= 0.6 is 0 Å². The van der Waals surface area contributed by atoms with Gasteiger partial charge in [0.25, 0.3) is 0 Å². The highest BCUT2D eigenvalue weighted by Crippen LogP contribution is 2.27. The molecule has 1 heterocycles. The fourth-order valence-corrected chi connectivity index (χ4v) is 2.39. The van der Waals surface area contributed by atoms with Crippen LogP contribution in [0.3, 0.4) is 0 Å². The van der Waals surface area contributed by atoms with Crippen LogP contribution in [0.1, 0.15) is 24.8 Å². The van der Waals surface area contributed by atoms with Gasteiger partial charge in [-0.3, -0.25) is 9.78 Å². The zero-order valence-corrected chi connectivity index (χ0v) is 12.5. The molecule has 3 nitrogen and oxygen atoms in total. The molecule has 0 saturated carbocycles. The Bertz CT molecular complexity index is 694. The fraction of sp³-hybridized carbons (Fsp3) is 0.158. The lowest BCUT2D eigenvalue weighted by atomic mass is 9.92. The molecule has 1 atom stereocenters. The van der Waals surface area contributed by atoms with E-state index in [2.05, 4.69) is 4.98 Å². The second-order valence-electron chi connectivity index (χ2n) is 4.89. The summed E-state index contributed by atoms with van der Waals surface area (Å²) < 4.78 is 0. The topological polar surface area (TPSA) is 50.2 Å². The molecule has 0 amide bonds. The van der Waals surface area contributed by atoms with E-state index >= 15 is 0 Å². The molecule has 1 aromatic heterocycles. The first kappa shape index (κ1) is 15.7. The van der Waals surface area contributed by atoms with Crippen molar-refractivity contribution in [2.24, 2.45) is 0 Å². The molecule has 1 N–H and O–H groups in total. The molecule has 3 aromatic rings. The van der Waals surface area contributed by atoms with Crippen LogP contribution in [0.15, 0.2) is 73.1 Å². The summed E-state index contributed by atoms with van der Waals surface area (Å²) >= 11 is 0. The summed E-state index contributed by atoms with van der Waals surface area (Å²) in [5.74, 6) is -1.16. The number of nitrogens with zero attached hydrogens (tertiary/aromatic N) is 1. The van der Waals surface area contributed by atoms with Crippen molar-refractivity contribution < 1.29 is 9.90 Å². The predicted molar refractivity (Wildman–Crippen MR) is 88.9 cm³/mol. The van der Waals surface area contributed by atoms with Gasteiger partial charge < -0.3 is 5.11 Å². The number of carboxylic acids is 1. The Morgan fingerprint density at radius 2 is 1.68 bits per heavy atom. The van der Waals surface area contributed by atoms with Gasteiger partial charge in [0.15, 0.2) is 0 Å². The van der Waals surface area contributed by atoms with Crippen LogP contribution in [0, 0.1) is 0 Å². The Balaban J connectivity index is 0.000000246. The van der Waals surface area contributed by atoms with Gasteiger partial charge in [-0.2, -0.15) is 0 Å². The summed E-state index contributed by atoms with van der Waals surface area (Å²) in [6.07, 6.45) is 4.11. The number of aliphatic carboxylic acids is 1. The van der Waals surface area contributed by atoms with E-state index in [1.807, 2.05) is 67.6 Å². The molecule has 22 heavy (non-hydrogen) atoms. The van der Waals surface area contributed by atoms with Crippen molar-refractivity contribution >= 4 is 16.7 Å². The number of rotatable bonds is 3. The van der Waals surface area contributed by atoms with E-state index in [0.717, 1.165) is 16.3 Å². The molecule has 0 fully saturated rings. The fourth-order valence-electron chi connectivity index (χ4n) is 2.39. The van der Waals surface area contributed by atoms with Gasteiger partial charge in [-0.1, -0.05) is 55.5 Å². The quantitative estimate of drug-likeness (QED) is 0.773. The SMILES string of the molecule is CCC(C(=O)O)c1cccc2ccccc12.c1ccncc1. The highest BCUT2D eigenvalue weighted by molar-refractivity contribution is 5.90. The number of carboxylic acid groups (broad SMARTS) is 1. The molecule has 3 heteroatoms. The molecule has 0 bridgehead atoms. The third-order valence-corrected chi connectivity index (χ3v) is 3.47. The highest BCUT2D eigenvalue weighted by Gasteiger charge is 2.19. The summed E-state index contributed by atoms with van der Waals surface area (Å²) in [4.78, 5) is 15.0. The molecule has 0 aliphatic heterocycles. The van der Waals surface area contributed by atoms with E-state index in [1.165, 1.54) is 0 Å². The van der Waals surface area contributed by atoms with E-state index in [9.17, 15) is 9.90 Å². The van der Waals surface area contributed by atoms with Crippen molar-refractivity contribution in [2.45, 2.75) is 19.3 Å². The lowest BCUT2D eigenvalue weighted by Gasteiger charge is -2.12. The first-order chi connectivity index (χ1) is 10.7. The summed E-state index contributed by atoms with van der Waals surface area (Å²) in [7, 11) is 0. The average molecular weight is 293 g/mol. The van der Waals surface area contributed by atoms with E-state index in [4.69, 9.17) is 0 Å². The molecule has 0 aliphatic rings. The smallest absolute Gasteiger partial charge is 0.310 e. The number of benzene rings is 2. The monoisotopic (exact) mass is 293 g/mol. The predicted octanol–water partition coefficient (Wildman–Crippen LogP) is 4.50. The number of hydrogen-bond acceptors (Lipinski definition) is 2. The summed E-state index contributed by atoms with van der Waals surface area (Å²) in [6.45, 7) is 1.90. The van der Waals surface area contributed by atoms with E-state index in [0.29, 0.717) is 6.42 Å². The zero-order valence-electron chi connectivity index (χ0n) is 12.5. The van der Waals surface area contributed by atoms with Gasteiger partial charge in [-0.15, -0.1) is 0 Å². The first-order valence-corrected chi connectivity index (χ1v) is 7.29. The van der Waals surface area contributed by atoms with E-state index in [1.54, 1.807) is 12.4 Å². The minimum absolute atomic E-state index is 0.411. The summed E-state index contributed by atoms with van der Waals surface area (Å²) in [6, 6.07) is 19.5. The van der Waals surface area contributed by atoms with Gasteiger partial charge in [0, 0.05) is 12.4 Å². The van der Waals surface area contributed by atoms with Gasteiger partial charge in [-0.05, 0) is 34.9 Å². The molecule has 0 saturated heterocycles. The third kappa shape index (κ3) is 3.92. The molecule has 112 valence electrons. The summed E-state index contributed by atoms with van der Waals surface area (Å²) in [5.41, 5.74) is 0.910. The van der Waals surface area contributed by atoms with Crippen LogP contribution in [-0.2, 0) is 4.79 Å². The maximum Gasteiger partial charge on any atom is 0.310 e. The second-order valence-corrected chi connectivity index (χ2v) is 4.89. The van der Waals surface area contributed by atoms with Gasteiger partial charge >= 0.3 is 5.97 Å². The molecule has 2 aromatic carbocycles. The van der Waals surface area contributed by atoms with Crippen LogP contribution < -0.4 is 0 Å². The van der Waals surface area contributed by atoms with Crippen molar-refractivity contribution in [1.29, 1.82) is 0 Å². The number of aromatic nitrogens is 1. The second kappa shape index (κ2) is 7.93. The first-order valence-electron chi connectivity index (χ1n) is 7.29. The molecule has 0 radical (unpaired) electrons. The van der Waals surface area contributed by atoms with Crippen LogP contribution in [-0.4, -0.2) is 16.1 Å². The Labute approximate surface area is 130 Å². The molecular formula is C19H19NO2. The number of fused-ring (bicyclic) bond motifs is 1. The van der Waals surface area contributed by atoms with Crippen molar-refractivity contribution in [3.8, 4) is 0 Å². The molecular weight excluding hydrogens is 274 g/mol. The maximum absolute atomic E-state index is 11.2. The Hall–Kier alpha value is -2.68. The molecule has 3 rings (SSSR count). The van der Waals surface area contributed by atoms with Crippen molar-refractivity contribution in [3.05, 3.63) is 78.6 Å². The minimum Gasteiger partial charge on any atom is -0.481 e. The highest BCUT2D eigenvalue weighted by atomic mass is 16.4. The number of pyridine rings is 1. The summed E-state index contributed by atoms with van der Waals surface area (Å²) in [5, 5.41) is 11.3.